The van der Waals surface area contributed by atoms with Crippen LogP contribution in [-0.4, -0.2) is 31.7 Å². The Kier molecular flexibility index (Phi) is 8.14. The molecule has 0 aromatic heterocycles. The molecule has 0 radical (unpaired) electrons. The van der Waals surface area contributed by atoms with Crippen LogP contribution in [0.3, 0.4) is 0 Å². The van der Waals surface area contributed by atoms with Crippen LogP contribution in [0.5, 0.6) is 0 Å². The van der Waals surface area contributed by atoms with Crippen molar-refractivity contribution in [2.75, 3.05) is 19.8 Å². The van der Waals surface area contributed by atoms with Gasteiger partial charge in [0.05, 0.1) is 13.2 Å². The van der Waals surface area contributed by atoms with E-state index < -0.39 is 12.0 Å². The molecule has 0 aliphatic rings. The Balaban J connectivity index is 2.57. The van der Waals surface area contributed by atoms with E-state index >= 15 is 0 Å². The summed E-state index contributed by atoms with van der Waals surface area (Å²) in [4.78, 5) is 23.2. The van der Waals surface area contributed by atoms with Crippen molar-refractivity contribution in [1.82, 2.24) is 5.32 Å². The minimum absolute atomic E-state index is 0.265. The van der Waals surface area contributed by atoms with Gasteiger partial charge in [-0.15, -0.1) is 0 Å². The average molecular weight is 311 g/mol. The van der Waals surface area contributed by atoms with Gasteiger partial charge in [0.15, 0.2) is 0 Å². The number of benzene rings is 1. The molecule has 5 nitrogen and oxygen atoms in total. The first kappa shape index (κ1) is 18.1. The zero-order valence-electron chi connectivity index (χ0n) is 12.9. The molecule has 1 N–H and O–H groups in total. The van der Waals surface area contributed by atoms with E-state index in [1.807, 2.05) is 0 Å². The Hall–Kier alpha value is -1.95. The predicted octanol–water partition coefficient (Wildman–Crippen LogP) is 2.36. The smallest absolute Gasteiger partial charge is 0.327 e. The summed E-state index contributed by atoms with van der Waals surface area (Å²) in [6.45, 7) is 4.54. The third-order valence-electron chi connectivity index (χ3n) is 2.94. The van der Waals surface area contributed by atoms with Gasteiger partial charge in [-0.25, -0.2) is 9.18 Å². The second-order valence-electron chi connectivity index (χ2n) is 4.60. The van der Waals surface area contributed by atoms with Crippen molar-refractivity contribution in [2.45, 2.75) is 32.7 Å². The number of hydrogen-bond acceptors (Lipinski definition) is 5. The Morgan fingerprint density at radius 1 is 1.14 bits per heavy atom. The van der Waals surface area contributed by atoms with Crippen molar-refractivity contribution in [1.29, 1.82) is 0 Å². The number of hydrogen-bond donors (Lipinski definition) is 1. The van der Waals surface area contributed by atoms with Crippen LogP contribution in [0.4, 0.5) is 4.39 Å². The highest BCUT2D eigenvalue weighted by Gasteiger charge is 2.21. The van der Waals surface area contributed by atoms with Gasteiger partial charge in [0.25, 0.3) is 0 Å². The number of carbonyl (C=O) groups is 2. The van der Waals surface area contributed by atoms with Crippen molar-refractivity contribution < 1.29 is 23.5 Å². The van der Waals surface area contributed by atoms with Crippen LogP contribution in [0.1, 0.15) is 38.3 Å². The summed E-state index contributed by atoms with van der Waals surface area (Å²) in [5.74, 6) is -1.06. The van der Waals surface area contributed by atoms with Gasteiger partial charge >= 0.3 is 11.9 Å². The fourth-order valence-corrected chi connectivity index (χ4v) is 1.93. The van der Waals surface area contributed by atoms with E-state index in [0.717, 1.165) is 0 Å². The molecule has 1 aromatic rings. The topological polar surface area (TPSA) is 64.6 Å². The third-order valence-corrected chi connectivity index (χ3v) is 2.94. The van der Waals surface area contributed by atoms with Gasteiger partial charge < -0.3 is 14.8 Å². The monoisotopic (exact) mass is 311 g/mol. The van der Waals surface area contributed by atoms with Crippen LogP contribution < -0.4 is 5.32 Å². The van der Waals surface area contributed by atoms with E-state index in [2.05, 4.69) is 5.32 Å². The minimum atomic E-state index is -0.678. The van der Waals surface area contributed by atoms with Gasteiger partial charge in [0.2, 0.25) is 0 Å². The summed E-state index contributed by atoms with van der Waals surface area (Å²) < 4.78 is 22.8. The standard InChI is InChI=1S/C16H22FNO4/c1-3-21-14(19)6-5-11-18-15(16(20)22-4-2)12-7-9-13(17)10-8-12/h7-10,15,18H,3-6,11H2,1-2H3. The lowest BCUT2D eigenvalue weighted by atomic mass is 10.1. The normalized spacial score (nSPS) is 11.8. The molecule has 122 valence electrons. The zero-order valence-corrected chi connectivity index (χ0v) is 12.9. The Labute approximate surface area is 129 Å². The molecular formula is C16H22FNO4. The quantitative estimate of drug-likeness (QED) is 0.560. The maximum absolute atomic E-state index is 13.0. The van der Waals surface area contributed by atoms with Crippen LogP contribution in [0.25, 0.3) is 0 Å². The lowest BCUT2D eigenvalue weighted by molar-refractivity contribution is -0.145. The van der Waals surface area contributed by atoms with Crippen molar-refractivity contribution >= 4 is 11.9 Å². The number of halogens is 1. The molecule has 0 heterocycles. The lowest BCUT2D eigenvalue weighted by Crippen LogP contribution is -2.31. The van der Waals surface area contributed by atoms with E-state index in [-0.39, 0.29) is 24.8 Å². The molecule has 0 saturated carbocycles. The van der Waals surface area contributed by atoms with Crippen molar-refractivity contribution in [3.05, 3.63) is 35.6 Å². The summed E-state index contributed by atoms with van der Waals surface area (Å²) in [6, 6.07) is 4.98. The van der Waals surface area contributed by atoms with E-state index in [9.17, 15) is 14.0 Å². The third kappa shape index (κ3) is 6.22. The number of carbonyl (C=O) groups excluding carboxylic acids is 2. The second kappa shape index (κ2) is 9.89. The molecule has 0 bridgehead atoms. The molecule has 1 aromatic carbocycles. The van der Waals surface area contributed by atoms with Crippen LogP contribution in [0.15, 0.2) is 24.3 Å². The maximum atomic E-state index is 13.0. The number of ether oxygens (including phenoxy) is 2. The lowest BCUT2D eigenvalue weighted by Gasteiger charge is -2.17. The molecule has 6 heteroatoms. The molecular weight excluding hydrogens is 289 g/mol. The van der Waals surface area contributed by atoms with Gasteiger partial charge in [-0.3, -0.25) is 4.79 Å². The second-order valence-corrected chi connectivity index (χ2v) is 4.60. The van der Waals surface area contributed by atoms with E-state index in [1.165, 1.54) is 24.3 Å². The maximum Gasteiger partial charge on any atom is 0.327 e. The van der Waals surface area contributed by atoms with Crippen molar-refractivity contribution in [3.63, 3.8) is 0 Å². The number of rotatable bonds is 9. The summed E-state index contributed by atoms with van der Waals surface area (Å²) in [6.07, 6.45) is 0.815. The van der Waals surface area contributed by atoms with Crippen LogP contribution in [-0.2, 0) is 19.1 Å². The first-order chi connectivity index (χ1) is 10.6. The Morgan fingerprint density at radius 3 is 2.36 bits per heavy atom. The van der Waals surface area contributed by atoms with Crippen LogP contribution in [0.2, 0.25) is 0 Å². The molecule has 0 saturated heterocycles. The first-order valence-electron chi connectivity index (χ1n) is 7.39. The molecule has 1 atom stereocenters. The van der Waals surface area contributed by atoms with Gasteiger partial charge in [0, 0.05) is 6.42 Å². The van der Waals surface area contributed by atoms with Gasteiger partial charge in [-0.05, 0) is 44.5 Å². The summed E-state index contributed by atoms with van der Waals surface area (Å²) in [7, 11) is 0. The molecule has 0 aliphatic carbocycles. The summed E-state index contributed by atoms with van der Waals surface area (Å²) >= 11 is 0. The van der Waals surface area contributed by atoms with Gasteiger partial charge in [-0.2, -0.15) is 0 Å². The molecule has 0 aliphatic heterocycles. The largest absolute Gasteiger partial charge is 0.466 e. The summed E-state index contributed by atoms with van der Waals surface area (Å²) in [5.41, 5.74) is 0.621. The van der Waals surface area contributed by atoms with E-state index in [0.29, 0.717) is 25.1 Å². The molecule has 0 amide bonds. The Morgan fingerprint density at radius 2 is 1.77 bits per heavy atom. The molecule has 0 fully saturated rings. The zero-order chi connectivity index (χ0) is 16.4. The van der Waals surface area contributed by atoms with Crippen LogP contribution >= 0.6 is 0 Å². The Bertz CT molecular complexity index is 476. The molecule has 1 rings (SSSR count). The van der Waals surface area contributed by atoms with E-state index in [4.69, 9.17) is 9.47 Å². The fourth-order valence-electron chi connectivity index (χ4n) is 1.93. The highest BCUT2D eigenvalue weighted by Crippen LogP contribution is 2.15. The highest BCUT2D eigenvalue weighted by atomic mass is 19.1. The summed E-state index contributed by atoms with van der Waals surface area (Å²) in [5, 5.41) is 3.03. The number of nitrogens with one attached hydrogen (secondary N) is 1. The van der Waals surface area contributed by atoms with Gasteiger partial charge in [0.1, 0.15) is 11.9 Å². The SMILES string of the molecule is CCOC(=O)CCCNC(C(=O)OCC)c1ccc(F)cc1. The number of esters is 2. The van der Waals surface area contributed by atoms with Gasteiger partial charge in [-0.1, -0.05) is 12.1 Å². The van der Waals surface area contributed by atoms with Crippen LogP contribution in [0, 0.1) is 5.82 Å². The van der Waals surface area contributed by atoms with E-state index in [1.54, 1.807) is 13.8 Å². The van der Waals surface area contributed by atoms with Crippen molar-refractivity contribution in [2.24, 2.45) is 0 Å². The average Bonchev–Trinajstić information content (AvgIpc) is 2.49. The predicted molar refractivity (Wildman–Crippen MR) is 79.6 cm³/mol. The minimum Gasteiger partial charge on any atom is -0.466 e. The highest BCUT2D eigenvalue weighted by molar-refractivity contribution is 5.77. The fraction of sp³-hybridized carbons (Fsp3) is 0.500. The molecule has 22 heavy (non-hydrogen) atoms. The molecule has 0 spiro atoms. The van der Waals surface area contributed by atoms with Crippen molar-refractivity contribution in [3.8, 4) is 0 Å². The molecule has 1 unspecified atom stereocenters. The first-order valence-corrected chi connectivity index (χ1v) is 7.39.